The molecule has 0 radical (unpaired) electrons. The molecule has 2 amide bonds. The van der Waals surface area contributed by atoms with E-state index < -0.39 is 6.10 Å². The fourth-order valence-corrected chi connectivity index (χ4v) is 3.02. The molecule has 0 heterocycles. The molecule has 1 fully saturated rings. The molecule has 1 aliphatic rings. The minimum Gasteiger partial charge on any atom is -0.387 e. The summed E-state index contributed by atoms with van der Waals surface area (Å²) < 4.78 is 0. The average molecular weight is 308 g/mol. The number of thioether (sulfide) groups is 1. The van der Waals surface area contributed by atoms with Gasteiger partial charge in [0.25, 0.3) is 0 Å². The highest BCUT2D eigenvalue weighted by Gasteiger charge is 2.16. The van der Waals surface area contributed by atoms with E-state index >= 15 is 0 Å². The number of amides is 2. The Balaban J connectivity index is 1.74. The molecule has 0 saturated heterocycles. The van der Waals surface area contributed by atoms with Crippen LogP contribution in [0.3, 0.4) is 0 Å². The van der Waals surface area contributed by atoms with Crippen molar-refractivity contribution in [2.24, 2.45) is 0 Å². The first-order valence-electron chi connectivity index (χ1n) is 7.55. The van der Waals surface area contributed by atoms with Gasteiger partial charge in [0.15, 0.2) is 0 Å². The van der Waals surface area contributed by atoms with E-state index in [0.29, 0.717) is 0 Å². The molecule has 1 aromatic carbocycles. The van der Waals surface area contributed by atoms with E-state index in [0.717, 1.165) is 23.3 Å². The summed E-state index contributed by atoms with van der Waals surface area (Å²) in [4.78, 5) is 13.0. The van der Waals surface area contributed by atoms with Gasteiger partial charge in [-0.2, -0.15) is 0 Å². The summed E-state index contributed by atoms with van der Waals surface area (Å²) in [7, 11) is 0. The van der Waals surface area contributed by atoms with Crippen molar-refractivity contribution in [1.29, 1.82) is 0 Å². The van der Waals surface area contributed by atoms with Crippen LogP contribution in [0, 0.1) is 0 Å². The lowest BCUT2D eigenvalue weighted by atomic mass is 9.96. The van der Waals surface area contributed by atoms with Gasteiger partial charge >= 0.3 is 6.03 Å². The number of benzene rings is 1. The van der Waals surface area contributed by atoms with Crippen LogP contribution in [0.5, 0.6) is 0 Å². The number of carbonyl (C=O) groups excluding carboxylic acids is 1. The lowest BCUT2D eigenvalue weighted by molar-refractivity contribution is 0.172. The monoisotopic (exact) mass is 308 g/mol. The summed E-state index contributed by atoms with van der Waals surface area (Å²) in [5.41, 5.74) is 0.825. The third kappa shape index (κ3) is 5.25. The lowest BCUT2D eigenvalue weighted by Gasteiger charge is -2.23. The van der Waals surface area contributed by atoms with E-state index in [9.17, 15) is 9.90 Å². The predicted octanol–water partition coefficient (Wildman–Crippen LogP) is 3.07. The molecule has 3 N–H and O–H groups in total. The summed E-state index contributed by atoms with van der Waals surface area (Å²) in [6, 6.07) is 7.86. The summed E-state index contributed by atoms with van der Waals surface area (Å²) in [6.45, 7) is 0.233. The first kappa shape index (κ1) is 16.2. The molecule has 1 aromatic rings. The van der Waals surface area contributed by atoms with Crippen LogP contribution in [-0.4, -0.2) is 30.0 Å². The van der Waals surface area contributed by atoms with Crippen LogP contribution in [0.25, 0.3) is 0 Å². The van der Waals surface area contributed by atoms with Gasteiger partial charge in [-0.05, 0) is 36.8 Å². The number of hydrogen-bond acceptors (Lipinski definition) is 3. The molecule has 0 spiro atoms. The maximum Gasteiger partial charge on any atom is 0.315 e. The number of rotatable bonds is 5. The number of aliphatic hydroxyl groups excluding tert-OH is 1. The number of aliphatic hydroxyl groups is 1. The van der Waals surface area contributed by atoms with Crippen molar-refractivity contribution in [3.05, 3.63) is 29.8 Å². The van der Waals surface area contributed by atoms with Gasteiger partial charge in [0.2, 0.25) is 0 Å². The highest BCUT2D eigenvalue weighted by Crippen LogP contribution is 2.19. The zero-order valence-corrected chi connectivity index (χ0v) is 13.3. The molecule has 1 saturated carbocycles. The van der Waals surface area contributed by atoms with Crippen molar-refractivity contribution < 1.29 is 9.90 Å². The number of hydrogen-bond donors (Lipinski definition) is 3. The Hall–Kier alpha value is -1.20. The van der Waals surface area contributed by atoms with Crippen LogP contribution in [-0.2, 0) is 0 Å². The zero-order chi connectivity index (χ0) is 15.1. The lowest BCUT2D eigenvalue weighted by Crippen LogP contribution is -2.44. The standard InChI is InChI=1S/C16H24N2O2S/c1-21-14-9-7-12(8-10-14)15(19)11-17-16(20)18-13-5-3-2-4-6-13/h7-10,13,15,19H,2-6,11H2,1H3,(H2,17,18,20). The van der Waals surface area contributed by atoms with E-state index in [1.807, 2.05) is 30.5 Å². The SMILES string of the molecule is CSc1ccc(C(O)CNC(=O)NC2CCCCC2)cc1. The van der Waals surface area contributed by atoms with Crippen molar-refractivity contribution in [2.75, 3.05) is 12.8 Å². The molecule has 1 atom stereocenters. The topological polar surface area (TPSA) is 61.4 Å². The molecule has 1 unspecified atom stereocenters. The molecule has 21 heavy (non-hydrogen) atoms. The Morgan fingerprint density at radius 2 is 1.95 bits per heavy atom. The fraction of sp³-hybridized carbons (Fsp3) is 0.562. The van der Waals surface area contributed by atoms with Crippen LogP contribution in [0.2, 0.25) is 0 Å². The predicted molar refractivity (Wildman–Crippen MR) is 86.6 cm³/mol. The van der Waals surface area contributed by atoms with Crippen LogP contribution < -0.4 is 10.6 Å². The maximum absolute atomic E-state index is 11.8. The summed E-state index contributed by atoms with van der Waals surface area (Å²) in [6.07, 6.45) is 7.12. The second-order valence-corrected chi connectivity index (χ2v) is 6.36. The summed E-state index contributed by atoms with van der Waals surface area (Å²) in [5.74, 6) is 0. The van der Waals surface area contributed by atoms with E-state index in [2.05, 4.69) is 10.6 Å². The third-order valence-corrected chi connectivity index (χ3v) is 4.64. The van der Waals surface area contributed by atoms with Gasteiger partial charge < -0.3 is 15.7 Å². The second-order valence-electron chi connectivity index (χ2n) is 5.48. The molecule has 2 rings (SSSR count). The molecule has 116 valence electrons. The highest BCUT2D eigenvalue weighted by atomic mass is 32.2. The molecular formula is C16H24N2O2S. The van der Waals surface area contributed by atoms with Crippen molar-refractivity contribution in [2.45, 2.75) is 49.1 Å². The second kappa shape index (κ2) is 8.29. The Morgan fingerprint density at radius 3 is 2.57 bits per heavy atom. The van der Waals surface area contributed by atoms with E-state index in [-0.39, 0.29) is 18.6 Å². The molecule has 0 aromatic heterocycles. The van der Waals surface area contributed by atoms with Crippen molar-refractivity contribution in [3.63, 3.8) is 0 Å². The summed E-state index contributed by atoms with van der Waals surface area (Å²) >= 11 is 1.67. The first-order valence-corrected chi connectivity index (χ1v) is 8.78. The zero-order valence-electron chi connectivity index (χ0n) is 12.5. The van der Waals surface area contributed by atoms with Crippen molar-refractivity contribution >= 4 is 17.8 Å². The molecule has 0 bridgehead atoms. The van der Waals surface area contributed by atoms with Crippen LogP contribution >= 0.6 is 11.8 Å². The van der Waals surface area contributed by atoms with Crippen molar-refractivity contribution in [3.8, 4) is 0 Å². The summed E-state index contributed by atoms with van der Waals surface area (Å²) in [5, 5.41) is 15.8. The van der Waals surface area contributed by atoms with Gasteiger partial charge in [-0.1, -0.05) is 31.4 Å². The first-order chi connectivity index (χ1) is 10.2. The molecule has 4 nitrogen and oxygen atoms in total. The average Bonchev–Trinajstić information content (AvgIpc) is 2.53. The Labute approximate surface area is 130 Å². The smallest absolute Gasteiger partial charge is 0.315 e. The Bertz CT molecular complexity index is 444. The maximum atomic E-state index is 11.8. The molecular weight excluding hydrogens is 284 g/mol. The fourth-order valence-electron chi connectivity index (χ4n) is 2.62. The molecule has 5 heteroatoms. The van der Waals surface area contributed by atoms with Crippen LogP contribution in [0.15, 0.2) is 29.2 Å². The van der Waals surface area contributed by atoms with Gasteiger partial charge in [-0.25, -0.2) is 4.79 Å². The van der Waals surface area contributed by atoms with Gasteiger partial charge in [0, 0.05) is 17.5 Å². The number of nitrogens with one attached hydrogen (secondary N) is 2. The van der Waals surface area contributed by atoms with Gasteiger partial charge in [0.1, 0.15) is 0 Å². The van der Waals surface area contributed by atoms with Gasteiger partial charge in [-0.3, -0.25) is 0 Å². The number of urea groups is 1. The normalized spacial score (nSPS) is 17.2. The van der Waals surface area contributed by atoms with E-state index in [1.165, 1.54) is 19.3 Å². The highest BCUT2D eigenvalue weighted by molar-refractivity contribution is 7.98. The largest absolute Gasteiger partial charge is 0.387 e. The third-order valence-electron chi connectivity index (χ3n) is 3.90. The minimum atomic E-state index is -0.669. The van der Waals surface area contributed by atoms with E-state index in [1.54, 1.807) is 11.8 Å². The molecule has 1 aliphatic carbocycles. The molecule has 0 aliphatic heterocycles. The van der Waals surface area contributed by atoms with Crippen molar-refractivity contribution in [1.82, 2.24) is 10.6 Å². The minimum absolute atomic E-state index is 0.179. The van der Waals surface area contributed by atoms with Crippen LogP contribution in [0.1, 0.15) is 43.8 Å². The Morgan fingerprint density at radius 1 is 1.29 bits per heavy atom. The van der Waals surface area contributed by atoms with Crippen LogP contribution in [0.4, 0.5) is 4.79 Å². The Kier molecular flexibility index (Phi) is 6.39. The quantitative estimate of drug-likeness (QED) is 0.733. The van der Waals surface area contributed by atoms with Gasteiger partial charge in [0.05, 0.1) is 6.10 Å². The number of carbonyl (C=O) groups is 1. The van der Waals surface area contributed by atoms with E-state index in [4.69, 9.17) is 0 Å². The van der Waals surface area contributed by atoms with Gasteiger partial charge in [-0.15, -0.1) is 11.8 Å².